The van der Waals surface area contributed by atoms with E-state index in [1.165, 1.54) is 24.9 Å². The van der Waals surface area contributed by atoms with Crippen molar-refractivity contribution in [2.24, 2.45) is 0 Å². The molecule has 0 radical (unpaired) electrons. The van der Waals surface area contributed by atoms with Crippen molar-refractivity contribution < 1.29 is 19.4 Å². The average molecular weight is 564 g/mol. The number of nitrogens with one attached hydrogen (secondary N) is 2. The molecule has 0 saturated heterocycles. The molecule has 11 heteroatoms. The van der Waals surface area contributed by atoms with Gasteiger partial charge in [0.15, 0.2) is 11.5 Å². The van der Waals surface area contributed by atoms with E-state index < -0.39 is 6.04 Å². The lowest BCUT2D eigenvalue weighted by Gasteiger charge is -2.29. The van der Waals surface area contributed by atoms with Crippen molar-refractivity contribution in [1.29, 1.82) is 0 Å². The lowest BCUT2D eigenvalue weighted by atomic mass is 9.94. The predicted molar refractivity (Wildman–Crippen MR) is 152 cm³/mol. The fourth-order valence-corrected chi connectivity index (χ4v) is 5.29. The predicted octanol–water partition coefficient (Wildman–Crippen LogP) is 5.87. The highest BCUT2D eigenvalue weighted by atomic mass is 35.5. The van der Waals surface area contributed by atoms with E-state index in [0.717, 1.165) is 5.56 Å². The van der Waals surface area contributed by atoms with E-state index >= 15 is 0 Å². The maximum atomic E-state index is 13.7. The number of carbonyl (C=O) groups excluding carboxylic acids is 1. The zero-order valence-corrected chi connectivity index (χ0v) is 23.0. The first kappa shape index (κ1) is 26.5. The maximum absolute atomic E-state index is 13.7. The number of nitrogens with zero attached hydrogens (tertiary/aromatic N) is 3. The fraction of sp³-hybridized carbons (Fsp3) is 0.179. The number of thioether (sulfide) groups is 1. The Bertz CT molecular complexity index is 1550. The molecule has 0 fully saturated rings. The van der Waals surface area contributed by atoms with Crippen molar-refractivity contribution in [2.45, 2.75) is 23.9 Å². The molecule has 1 aromatic heterocycles. The summed E-state index contributed by atoms with van der Waals surface area (Å²) in [6.07, 6.45) is 0. The number of fused-ring (bicyclic) bond motifs is 1. The number of aromatic nitrogens is 3. The molecule has 1 atom stereocenters. The highest BCUT2D eigenvalue weighted by Gasteiger charge is 2.35. The normalized spacial score (nSPS) is 14.4. The number of methoxy groups -OCH3 is 2. The second-order valence-corrected chi connectivity index (χ2v) is 10.1. The van der Waals surface area contributed by atoms with Gasteiger partial charge in [0.2, 0.25) is 11.1 Å². The summed E-state index contributed by atoms with van der Waals surface area (Å²) in [6, 6.07) is 19.1. The molecule has 1 aliphatic heterocycles. The number of phenols is 1. The highest BCUT2D eigenvalue weighted by molar-refractivity contribution is 7.98. The van der Waals surface area contributed by atoms with Crippen molar-refractivity contribution in [2.75, 3.05) is 24.9 Å². The Morgan fingerprint density at radius 3 is 2.64 bits per heavy atom. The summed E-state index contributed by atoms with van der Waals surface area (Å²) in [5.74, 6) is 1.79. The number of hydrogen-bond acceptors (Lipinski definition) is 8. The smallest absolute Gasteiger partial charge is 0.255 e. The third-order valence-electron chi connectivity index (χ3n) is 6.20. The van der Waals surface area contributed by atoms with E-state index in [1.54, 1.807) is 48.2 Å². The molecule has 0 spiro atoms. The Morgan fingerprint density at radius 2 is 1.92 bits per heavy atom. The third kappa shape index (κ3) is 5.67. The van der Waals surface area contributed by atoms with Crippen LogP contribution in [0, 0.1) is 0 Å². The molecule has 2 heterocycles. The van der Waals surface area contributed by atoms with E-state index in [1.807, 2.05) is 31.2 Å². The van der Waals surface area contributed by atoms with E-state index in [4.69, 9.17) is 26.2 Å². The number of phenolic OH excluding ortho intramolecular Hbond substituents is 1. The topological polar surface area (TPSA) is 111 Å². The first-order valence-corrected chi connectivity index (χ1v) is 13.4. The molecule has 200 valence electrons. The van der Waals surface area contributed by atoms with Crippen LogP contribution in [0.15, 0.2) is 83.2 Å². The number of benzene rings is 3. The zero-order chi connectivity index (χ0) is 27.5. The molecule has 4 aromatic rings. The molecular weight excluding hydrogens is 538 g/mol. The first-order chi connectivity index (χ1) is 18.9. The monoisotopic (exact) mass is 563 g/mol. The van der Waals surface area contributed by atoms with Crippen LogP contribution >= 0.6 is 23.4 Å². The van der Waals surface area contributed by atoms with Gasteiger partial charge in [0.25, 0.3) is 5.91 Å². The molecule has 9 nitrogen and oxygen atoms in total. The minimum Gasteiger partial charge on any atom is -0.504 e. The Kier molecular flexibility index (Phi) is 7.67. The van der Waals surface area contributed by atoms with Crippen molar-refractivity contribution in [3.05, 3.63) is 94.1 Å². The summed E-state index contributed by atoms with van der Waals surface area (Å²) in [5, 5.41) is 22.4. The largest absolute Gasteiger partial charge is 0.504 e. The summed E-state index contributed by atoms with van der Waals surface area (Å²) >= 11 is 7.60. The Morgan fingerprint density at radius 1 is 1.13 bits per heavy atom. The molecule has 3 aromatic carbocycles. The molecule has 0 unspecified atom stereocenters. The quantitative estimate of drug-likeness (QED) is 0.228. The van der Waals surface area contributed by atoms with Crippen molar-refractivity contribution >= 4 is 40.9 Å². The fourth-order valence-electron chi connectivity index (χ4n) is 4.31. The number of rotatable bonds is 8. The van der Waals surface area contributed by atoms with Crippen molar-refractivity contribution in [1.82, 2.24) is 14.8 Å². The molecule has 5 rings (SSSR count). The van der Waals surface area contributed by atoms with Crippen LogP contribution in [0.4, 0.5) is 11.6 Å². The van der Waals surface area contributed by atoms with Crippen LogP contribution in [-0.2, 0) is 10.5 Å². The Labute approximate surface area is 234 Å². The van der Waals surface area contributed by atoms with E-state index in [0.29, 0.717) is 50.2 Å². The number of hydrogen-bond donors (Lipinski definition) is 3. The SMILES string of the molecule is COc1ccc(NC(=O)C2=C(C)Nc3nc(SCc4cccc(Cl)c4)nn3[C@H]2c2ccc(O)c(OC)c2)cc1. The number of amides is 1. The van der Waals surface area contributed by atoms with E-state index in [-0.39, 0.29) is 17.4 Å². The van der Waals surface area contributed by atoms with Crippen molar-refractivity contribution in [3.8, 4) is 17.2 Å². The van der Waals surface area contributed by atoms with Gasteiger partial charge in [-0.05, 0) is 66.6 Å². The van der Waals surface area contributed by atoms with Gasteiger partial charge in [0.1, 0.15) is 11.8 Å². The number of anilines is 2. The number of carbonyl (C=O) groups is 1. The Hall–Kier alpha value is -4.15. The summed E-state index contributed by atoms with van der Waals surface area (Å²) in [6.45, 7) is 1.82. The maximum Gasteiger partial charge on any atom is 0.255 e. The molecule has 3 N–H and O–H groups in total. The van der Waals surface area contributed by atoms with Crippen LogP contribution in [0.5, 0.6) is 17.2 Å². The molecule has 0 aliphatic carbocycles. The standard InChI is InChI=1S/C28H26ClN5O4S/c1-16-24(26(36)31-20-8-10-21(37-2)11-9-20)25(18-7-12-22(35)23(14-18)38-3)34-27(30-16)32-28(33-34)39-15-17-5-4-6-19(29)13-17/h4-14,25,35H,15H2,1-3H3,(H,31,36)(H,30,32,33)/t25-/m0/s1. The van der Waals surface area contributed by atoms with Gasteiger partial charge in [-0.15, -0.1) is 5.10 Å². The zero-order valence-electron chi connectivity index (χ0n) is 21.4. The van der Waals surface area contributed by atoms with Crippen LogP contribution in [0.1, 0.15) is 24.1 Å². The number of halogens is 1. The van der Waals surface area contributed by atoms with Crippen LogP contribution in [0.3, 0.4) is 0 Å². The minimum absolute atomic E-state index is 0.00306. The van der Waals surface area contributed by atoms with Gasteiger partial charge >= 0.3 is 0 Å². The van der Waals surface area contributed by atoms with Gasteiger partial charge in [-0.3, -0.25) is 4.79 Å². The molecule has 1 aliphatic rings. The number of ether oxygens (including phenoxy) is 2. The lowest BCUT2D eigenvalue weighted by molar-refractivity contribution is -0.113. The van der Waals surface area contributed by atoms with E-state index in [9.17, 15) is 9.90 Å². The first-order valence-electron chi connectivity index (χ1n) is 12.0. The van der Waals surface area contributed by atoms with Crippen LogP contribution in [0.25, 0.3) is 0 Å². The van der Waals surface area contributed by atoms with Crippen LogP contribution < -0.4 is 20.1 Å². The second kappa shape index (κ2) is 11.3. The highest BCUT2D eigenvalue weighted by Crippen LogP contribution is 2.39. The van der Waals surface area contributed by atoms with Crippen LogP contribution in [-0.4, -0.2) is 40.0 Å². The summed E-state index contributed by atoms with van der Waals surface area (Å²) in [7, 11) is 3.06. The van der Waals surface area contributed by atoms with Gasteiger partial charge in [-0.25, -0.2) is 4.68 Å². The Balaban J connectivity index is 1.50. The molecule has 0 bridgehead atoms. The number of allylic oxidation sites excluding steroid dienone is 1. The lowest BCUT2D eigenvalue weighted by Crippen LogP contribution is -2.31. The van der Waals surface area contributed by atoms with Gasteiger partial charge in [0, 0.05) is 22.2 Å². The summed E-state index contributed by atoms with van der Waals surface area (Å²) in [5.41, 5.74) is 3.43. The molecule has 39 heavy (non-hydrogen) atoms. The van der Waals surface area contributed by atoms with Gasteiger partial charge in [-0.1, -0.05) is 41.6 Å². The van der Waals surface area contributed by atoms with Gasteiger partial charge in [-0.2, -0.15) is 4.98 Å². The summed E-state index contributed by atoms with van der Waals surface area (Å²) in [4.78, 5) is 18.4. The number of aromatic hydroxyl groups is 1. The average Bonchev–Trinajstić information content (AvgIpc) is 3.34. The van der Waals surface area contributed by atoms with Crippen molar-refractivity contribution in [3.63, 3.8) is 0 Å². The minimum atomic E-state index is -0.637. The molecular formula is C28H26ClN5O4S. The van der Waals surface area contributed by atoms with Gasteiger partial charge in [0.05, 0.1) is 19.8 Å². The molecule has 0 saturated carbocycles. The molecule has 1 amide bonds. The van der Waals surface area contributed by atoms with Crippen LogP contribution in [0.2, 0.25) is 5.02 Å². The third-order valence-corrected chi connectivity index (χ3v) is 7.35. The van der Waals surface area contributed by atoms with Gasteiger partial charge < -0.3 is 25.2 Å². The van der Waals surface area contributed by atoms with E-state index in [2.05, 4.69) is 15.6 Å². The summed E-state index contributed by atoms with van der Waals surface area (Å²) < 4.78 is 12.3. The second-order valence-electron chi connectivity index (χ2n) is 8.76.